The molecule has 2 bridgehead atoms. The molecular weight excluding hydrogens is 427 g/mol. The van der Waals surface area contributed by atoms with Gasteiger partial charge in [0.05, 0.1) is 0 Å². The van der Waals surface area contributed by atoms with E-state index in [0.29, 0.717) is 27.7 Å². The zero-order chi connectivity index (χ0) is 20.8. The van der Waals surface area contributed by atoms with Crippen LogP contribution in [-0.4, -0.2) is 39.2 Å². The molecule has 3 saturated carbocycles. The Morgan fingerprint density at radius 3 is 2.27 bits per heavy atom. The van der Waals surface area contributed by atoms with Crippen LogP contribution in [0.25, 0.3) is 11.5 Å². The van der Waals surface area contributed by atoms with Gasteiger partial charge in [-0.1, -0.05) is 28.3 Å². The maximum Gasteiger partial charge on any atom is 0.316 e. The van der Waals surface area contributed by atoms with Crippen molar-refractivity contribution in [1.29, 1.82) is 0 Å². The predicted molar refractivity (Wildman–Crippen MR) is 114 cm³/mol. The third-order valence-electron chi connectivity index (χ3n) is 5.61. The quantitative estimate of drug-likeness (QED) is 0.448. The summed E-state index contributed by atoms with van der Waals surface area (Å²) in [6, 6.07) is 14.7. The van der Waals surface area contributed by atoms with E-state index >= 15 is 0 Å². The van der Waals surface area contributed by atoms with Crippen molar-refractivity contribution in [1.82, 2.24) is 15.5 Å². The Balaban J connectivity index is 1.10. The number of benzene rings is 2. The highest BCUT2D eigenvalue weighted by Crippen LogP contribution is 2.61. The summed E-state index contributed by atoms with van der Waals surface area (Å²) in [5.74, 6) is 1.12. The molecular formula is C21H20Cl2N4O3. The fourth-order valence-electron chi connectivity index (χ4n) is 4.38. The summed E-state index contributed by atoms with van der Waals surface area (Å²) in [4.78, 5) is 0. The van der Waals surface area contributed by atoms with Crippen LogP contribution in [0, 0.1) is 0 Å². The van der Waals surface area contributed by atoms with Crippen molar-refractivity contribution in [3.8, 4) is 17.2 Å². The lowest BCUT2D eigenvalue weighted by Gasteiger charge is -2.70. The normalized spacial score (nSPS) is 25.2. The van der Waals surface area contributed by atoms with E-state index < -0.39 is 6.23 Å². The van der Waals surface area contributed by atoms with Crippen molar-refractivity contribution in [3.05, 3.63) is 58.6 Å². The van der Waals surface area contributed by atoms with E-state index in [-0.39, 0.29) is 17.7 Å². The van der Waals surface area contributed by atoms with Crippen molar-refractivity contribution >= 4 is 29.2 Å². The molecule has 6 rings (SSSR count). The van der Waals surface area contributed by atoms with Crippen LogP contribution in [0.3, 0.4) is 0 Å². The first kappa shape index (κ1) is 19.6. The Bertz CT molecular complexity index is 1020. The van der Waals surface area contributed by atoms with Crippen LogP contribution < -0.4 is 15.4 Å². The van der Waals surface area contributed by atoms with Gasteiger partial charge in [0.2, 0.25) is 5.89 Å². The van der Waals surface area contributed by atoms with E-state index in [1.54, 1.807) is 36.4 Å². The molecule has 3 aliphatic rings. The van der Waals surface area contributed by atoms with Crippen molar-refractivity contribution in [2.24, 2.45) is 0 Å². The highest BCUT2D eigenvalue weighted by molar-refractivity contribution is 6.30. The number of aliphatic hydroxyl groups excluding tert-OH is 1. The minimum Gasteiger partial charge on any atom is -0.489 e. The molecule has 0 saturated heterocycles. The van der Waals surface area contributed by atoms with Crippen LogP contribution in [0.4, 0.5) is 6.01 Å². The largest absolute Gasteiger partial charge is 0.489 e. The third-order valence-corrected chi connectivity index (χ3v) is 6.12. The van der Waals surface area contributed by atoms with Gasteiger partial charge in [-0.2, -0.15) is 0 Å². The summed E-state index contributed by atoms with van der Waals surface area (Å²) in [6.45, 7) is 0.165. The molecule has 0 radical (unpaired) electrons. The maximum absolute atomic E-state index is 10.3. The van der Waals surface area contributed by atoms with Crippen molar-refractivity contribution < 1.29 is 14.3 Å². The first-order valence-electron chi connectivity index (χ1n) is 9.65. The molecule has 3 fully saturated rings. The average Bonchev–Trinajstić information content (AvgIpc) is 3.14. The number of rotatable bonds is 8. The van der Waals surface area contributed by atoms with Crippen LogP contribution in [0.1, 0.15) is 19.3 Å². The molecule has 2 aromatic carbocycles. The van der Waals surface area contributed by atoms with Gasteiger partial charge in [-0.15, -0.1) is 5.10 Å². The van der Waals surface area contributed by atoms with Gasteiger partial charge in [-0.05, 0) is 67.8 Å². The van der Waals surface area contributed by atoms with Crippen molar-refractivity contribution in [2.75, 3.05) is 11.9 Å². The molecule has 1 unspecified atom stereocenters. The van der Waals surface area contributed by atoms with E-state index in [0.717, 1.165) is 24.8 Å². The first-order chi connectivity index (χ1) is 14.4. The highest BCUT2D eigenvalue weighted by atomic mass is 35.5. The van der Waals surface area contributed by atoms with Gasteiger partial charge in [-0.3, -0.25) is 5.32 Å². The predicted octanol–water partition coefficient (Wildman–Crippen LogP) is 4.12. The first-order valence-corrected chi connectivity index (χ1v) is 10.4. The molecule has 1 aromatic heterocycles. The fraction of sp³-hybridized carbons (Fsp3) is 0.333. The zero-order valence-electron chi connectivity index (χ0n) is 15.9. The fourth-order valence-corrected chi connectivity index (χ4v) is 4.64. The highest BCUT2D eigenvalue weighted by Gasteiger charge is 2.68. The number of anilines is 1. The Kier molecular flexibility index (Phi) is 4.86. The zero-order valence-corrected chi connectivity index (χ0v) is 17.5. The molecule has 9 heteroatoms. The average molecular weight is 447 g/mol. The standard InChI is InChI=1S/C21H20Cl2N4O3/c22-14-3-1-13(2-4-14)18-26-27-19(30-18)25-21-10-20(11-21,12-21)24-17(28)9-29-16-7-5-15(23)6-8-16/h1-8,17,24,28H,9-12H2,(H,25,27). The van der Waals surface area contributed by atoms with Gasteiger partial charge in [-0.25, -0.2) is 0 Å². The molecule has 30 heavy (non-hydrogen) atoms. The number of ether oxygens (including phenoxy) is 1. The number of nitrogens with one attached hydrogen (secondary N) is 2. The van der Waals surface area contributed by atoms with E-state index in [9.17, 15) is 5.11 Å². The Labute approximate surface area is 183 Å². The van der Waals surface area contributed by atoms with E-state index in [2.05, 4.69) is 20.8 Å². The summed E-state index contributed by atoms with van der Waals surface area (Å²) in [7, 11) is 0. The summed E-state index contributed by atoms with van der Waals surface area (Å²) < 4.78 is 11.3. The Morgan fingerprint density at radius 2 is 1.60 bits per heavy atom. The second-order valence-corrected chi connectivity index (χ2v) is 8.93. The smallest absolute Gasteiger partial charge is 0.316 e. The number of hydrogen-bond acceptors (Lipinski definition) is 7. The minimum absolute atomic E-state index is 0.0619. The van der Waals surface area contributed by atoms with Crippen LogP contribution >= 0.6 is 23.2 Å². The number of nitrogens with zero attached hydrogens (tertiary/aromatic N) is 2. The van der Waals surface area contributed by atoms with Crippen LogP contribution in [-0.2, 0) is 0 Å². The molecule has 0 spiro atoms. The molecule has 3 aliphatic carbocycles. The van der Waals surface area contributed by atoms with Crippen LogP contribution in [0.5, 0.6) is 5.75 Å². The summed E-state index contributed by atoms with van der Waals surface area (Å²) in [5, 5.41) is 26.4. The van der Waals surface area contributed by atoms with E-state index in [1.807, 2.05) is 12.1 Å². The monoisotopic (exact) mass is 446 g/mol. The molecule has 0 amide bonds. The topological polar surface area (TPSA) is 92.4 Å². The Hall–Kier alpha value is -2.32. The van der Waals surface area contributed by atoms with Crippen LogP contribution in [0.15, 0.2) is 52.9 Å². The van der Waals surface area contributed by atoms with Gasteiger partial charge >= 0.3 is 6.01 Å². The number of aromatic nitrogens is 2. The number of hydrogen-bond donors (Lipinski definition) is 3. The molecule has 3 aromatic rings. The van der Waals surface area contributed by atoms with E-state index in [1.165, 1.54) is 0 Å². The SMILES string of the molecule is OC(COc1ccc(Cl)cc1)NC12CC(Nc3nnc(-c4ccc(Cl)cc4)o3)(C1)C2. The van der Waals surface area contributed by atoms with Gasteiger partial charge in [0.25, 0.3) is 0 Å². The molecule has 1 atom stereocenters. The lowest BCUT2D eigenvalue weighted by atomic mass is 9.44. The second kappa shape index (κ2) is 7.42. The van der Waals surface area contributed by atoms with Gasteiger partial charge in [0.1, 0.15) is 18.6 Å². The third kappa shape index (κ3) is 3.86. The number of aliphatic hydroxyl groups is 1. The minimum atomic E-state index is -0.751. The molecule has 3 N–H and O–H groups in total. The summed E-state index contributed by atoms with van der Waals surface area (Å²) in [6.07, 6.45) is 1.86. The summed E-state index contributed by atoms with van der Waals surface area (Å²) in [5.41, 5.74) is 0.682. The van der Waals surface area contributed by atoms with Gasteiger partial charge in [0, 0.05) is 26.7 Å². The number of halogens is 2. The Morgan fingerprint density at radius 1 is 0.967 bits per heavy atom. The lowest BCUT2D eigenvalue weighted by Crippen LogP contribution is -2.82. The second-order valence-electron chi connectivity index (χ2n) is 8.06. The maximum atomic E-state index is 10.3. The van der Waals surface area contributed by atoms with Crippen molar-refractivity contribution in [2.45, 2.75) is 36.6 Å². The van der Waals surface area contributed by atoms with Crippen LogP contribution in [0.2, 0.25) is 10.0 Å². The van der Waals surface area contributed by atoms with Gasteiger partial charge < -0.3 is 19.6 Å². The lowest BCUT2D eigenvalue weighted by molar-refractivity contribution is -0.102. The molecule has 0 aliphatic heterocycles. The van der Waals surface area contributed by atoms with Crippen molar-refractivity contribution in [3.63, 3.8) is 0 Å². The molecule has 7 nitrogen and oxygen atoms in total. The van der Waals surface area contributed by atoms with Gasteiger partial charge in [0.15, 0.2) is 0 Å². The summed E-state index contributed by atoms with van der Waals surface area (Å²) >= 11 is 11.8. The van der Waals surface area contributed by atoms with E-state index in [4.69, 9.17) is 32.4 Å². The molecule has 156 valence electrons. The molecule has 1 heterocycles.